The van der Waals surface area contributed by atoms with Gasteiger partial charge >= 0.3 is 5.97 Å². The van der Waals surface area contributed by atoms with E-state index in [1.807, 2.05) is 36.4 Å². The van der Waals surface area contributed by atoms with Crippen LogP contribution < -0.4 is 4.90 Å². The highest BCUT2D eigenvalue weighted by atomic mass is 35.5. The van der Waals surface area contributed by atoms with Gasteiger partial charge in [0.15, 0.2) is 11.5 Å². The quantitative estimate of drug-likeness (QED) is 0.659. The molecule has 1 aliphatic heterocycles. The summed E-state index contributed by atoms with van der Waals surface area (Å²) in [6.45, 7) is 1.52. The van der Waals surface area contributed by atoms with Crippen molar-refractivity contribution in [3.8, 4) is 11.4 Å². The van der Waals surface area contributed by atoms with Crippen molar-refractivity contribution in [3.63, 3.8) is 0 Å². The Morgan fingerprint density at radius 2 is 1.85 bits per heavy atom. The Kier molecular flexibility index (Phi) is 4.46. The van der Waals surface area contributed by atoms with E-state index in [-0.39, 0.29) is 11.9 Å². The summed E-state index contributed by atoms with van der Waals surface area (Å²) < 4.78 is 6.59. The third-order valence-corrected chi connectivity index (χ3v) is 4.96. The summed E-state index contributed by atoms with van der Waals surface area (Å²) in [5.74, 6) is 1.36. The molecule has 1 fully saturated rings. The molecule has 134 valence electrons. The Hall–Kier alpha value is -2.67. The van der Waals surface area contributed by atoms with Crippen molar-refractivity contribution in [2.45, 2.75) is 12.8 Å². The number of rotatable bonds is 3. The summed E-state index contributed by atoms with van der Waals surface area (Å²) in [6.07, 6.45) is 1.53. The number of anilines is 1. The monoisotopic (exact) mass is 371 g/mol. The Balaban J connectivity index is 1.61. The van der Waals surface area contributed by atoms with E-state index in [1.54, 1.807) is 4.52 Å². The van der Waals surface area contributed by atoms with Crippen LogP contribution in [0.3, 0.4) is 0 Å². The van der Waals surface area contributed by atoms with Crippen molar-refractivity contribution >= 4 is 29.0 Å². The summed E-state index contributed by atoms with van der Waals surface area (Å²) >= 11 is 5.96. The highest BCUT2D eigenvalue weighted by molar-refractivity contribution is 6.30. The molecule has 0 N–H and O–H groups in total. The maximum atomic E-state index is 11.7. The van der Waals surface area contributed by atoms with Crippen molar-refractivity contribution in [1.82, 2.24) is 19.8 Å². The second-order valence-corrected chi connectivity index (χ2v) is 6.71. The molecule has 0 bridgehead atoms. The molecule has 0 aliphatic carbocycles. The third kappa shape index (κ3) is 3.10. The number of halogens is 1. The zero-order chi connectivity index (χ0) is 18.1. The normalized spacial score (nSPS) is 15.4. The van der Waals surface area contributed by atoms with Crippen molar-refractivity contribution in [2.75, 3.05) is 25.1 Å². The van der Waals surface area contributed by atoms with Crippen LogP contribution >= 0.6 is 11.6 Å². The van der Waals surface area contributed by atoms with Crippen LogP contribution in [0.15, 0.2) is 36.4 Å². The fourth-order valence-electron chi connectivity index (χ4n) is 3.24. The Morgan fingerprint density at radius 3 is 2.54 bits per heavy atom. The zero-order valence-corrected chi connectivity index (χ0v) is 15.1. The first-order chi connectivity index (χ1) is 12.7. The zero-order valence-electron chi connectivity index (χ0n) is 14.3. The van der Waals surface area contributed by atoms with Gasteiger partial charge in [-0.2, -0.15) is 4.52 Å². The molecule has 0 amide bonds. The van der Waals surface area contributed by atoms with Gasteiger partial charge in [0.25, 0.3) is 0 Å². The van der Waals surface area contributed by atoms with Crippen LogP contribution in [0.4, 0.5) is 5.82 Å². The van der Waals surface area contributed by atoms with Crippen LogP contribution in [-0.4, -0.2) is 46.0 Å². The number of hydrogen-bond acceptors (Lipinski definition) is 6. The number of ether oxygens (including phenoxy) is 1. The third-order valence-electron chi connectivity index (χ3n) is 4.70. The minimum atomic E-state index is -0.128. The van der Waals surface area contributed by atoms with Gasteiger partial charge in [-0.3, -0.25) is 4.79 Å². The fourth-order valence-corrected chi connectivity index (χ4v) is 3.36. The van der Waals surface area contributed by atoms with Gasteiger partial charge in [-0.1, -0.05) is 11.6 Å². The molecule has 1 aromatic carbocycles. The lowest BCUT2D eigenvalue weighted by molar-refractivity contribution is -0.146. The highest BCUT2D eigenvalue weighted by Crippen LogP contribution is 2.25. The molecule has 1 saturated heterocycles. The second kappa shape index (κ2) is 6.92. The summed E-state index contributed by atoms with van der Waals surface area (Å²) in [6, 6.07) is 11.3. The fraction of sp³-hybridized carbons (Fsp3) is 0.333. The molecule has 0 atom stereocenters. The Morgan fingerprint density at radius 1 is 1.12 bits per heavy atom. The largest absolute Gasteiger partial charge is 0.469 e. The van der Waals surface area contributed by atoms with E-state index in [9.17, 15) is 4.79 Å². The highest BCUT2D eigenvalue weighted by Gasteiger charge is 2.26. The van der Waals surface area contributed by atoms with Gasteiger partial charge in [-0.05, 0) is 49.2 Å². The van der Waals surface area contributed by atoms with E-state index >= 15 is 0 Å². The van der Waals surface area contributed by atoms with Crippen LogP contribution in [0.1, 0.15) is 12.8 Å². The van der Waals surface area contributed by atoms with E-state index in [0.717, 1.165) is 37.3 Å². The molecule has 0 saturated carbocycles. The first-order valence-electron chi connectivity index (χ1n) is 8.47. The molecular formula is C18H18ClN5O2. The summed E-state index contributed by atoms with van der Waals surface area (Å²) in [4.78, 5) is 13.9. The molecule has 26 heavy (non-hydrogen) atoms. The number of hydrogen-bond donors (Lipinski definition) is 0. The lowest BCUT2D eigenvalue weighted by Gasteiger charge is -2.31. The maximum absolute atomic E-state index is 11.7. The van der Waals surface area contributed by atoms with Crippen LogP contribution in [0.25, 0.3) is 17.0 Å². The van der Waals surface area contributed by atoms with Gasteiger partial charge in [-0.25, -0.2) is 0 Å². The van der Waals surface area contributed by atoms with Gasteiger partial charge in [-0.15, -0.1) is 15.3 Å². The SMILES string of the molecule is COC(=O)C1CCN(c2ccc3nnc(-c4ccc(Cl)cc4)n3n2)CC1. The predicted molar refractivity (Wildman–Crippen MR) is 98.2 cm³/mol. The molecule has 1 aliphatic rings. The van der Waals surface area contributed by atoms with Crippen LogP contribution in [-0.2, 0) is 9.53 Å². The number of nitrogens with zero attached hydrogens (tertiary/aromatic N) is 5. The first kappa shape index (κ1) is 16.8. The van der Waals surface area contributed by atoms with Gasteiger partial charge in [0, 0.05) is 23.7 Å². The number of carbonyl (C=O) groups is 1. The van der Waals surface area contributed by atoms with E-state index in [1.165, 1.54) is 7.11 Å². The number of benzene rings is 1. The number of methoxy groups -OCH3 is 1. The Bertz CT molecular complexity index is 932. The molecule has 7 nitrogen and oxygen atoms in total. The molecule has 0 unspecified atom stereocenters. The Labute approximate surface area is 155 Å². The lowest BCUT2D eigenvalue weighted by atomic mass is 9.97. The first-order valence-corrected chi connectivity index (χ1v) is 8.84. The molecule has 2 aromatic heterocycles. The van der Waals surface area contributed by atoms with E-state index in [0.29, 0.717) is 16.5 Å². The van der Waals surface area contributed by atoms with Crippen molar-refractivity contribution in [1.29, 1.82) is 0 Å². The smallest absolute Gasteiger partial charge is 0.308 e. The van der Waals surface area contributed by atoms with E-state index in [2.05, 4.69) is 15.1 Å². The van der Waals surface area contributed by atoms with Gasteiger partial charge in [0.2, 0.25) is 0 Å². The number of piperidine rings is 1. The van der Waals surface area contributed by atoms with Gasteiger partial charge in [0.1, 0.15) is 5.82 Å². The minimum Gasteiger partial charge on any atom is -0.469 e. The van der Waals surface area contributed by atoms with Crippen LogP contribution in [0, 0.1) is 5.92 Å². The molecule has 8 heteroatoms. The molecule has 3 heterocycles. The standard InChI is InChI=1S/C18H18ClN5O2/c1-26-18(25)13-8-10-23(11-9-13)16-7-6-15-20-21-17(24(15)22-16)12-2-4-14(19)5-3-12/h2-7,13H,8-11H2,1H3. The lowest BCUT2D eigenvalue weighted by Crippen LogP contribution is -2.37. The number of carbonyl (C=O) groups excluding carboxylic acids is 1. The summed E-state index contributed by atoms with van der Waals surface area (Å²) in [5, 5.41) is 13.8. The number of fused-ring (bicyclic) bond motifs is 1. The molecule has 4 rings (SSSR count). The summed E-state index contributed by atoms with van der Waals surface area (Å²) in [5.41, 5.74) is 1.58. The molecule has 0 radical (unpaired) electrons. The maximum Gasteiger partial charge on any atom is 0.308 e. The molecule has 0 spiro atoms. The van der Waals surface area contributed by atoms with Gasteiger partial charge < -0.3 is 9.64 Å². The van der Waals surface area contributed by atoms with Crippen molar-refractivity contribution < 1.29 is 9.53 Å². The topological polar surface area (TPSA) is 72.6 Å². The average Bonchev–Trinajstić information content (AvgIpc) is 3.11. The van der Waals surface area contributed by atoms with Crippen LogP contribution in [0.2, 0.25) is 5.02 Å². The average molecular weight is 372 g/mol. The minimum absolute atomic E-state index is 0.0282. The van der Waals surface area contributed by atoms with Crippen molar-refractivity contribution in [3.05, 3.63) is 41.4 Å². The van der Waals surface area contributed by atoms with E-state index < -0.39 is 0 Å². The molecule has 3 aromatic rings. The second-order valence-electron chi connectivity index (χ2n) is 6.28. The van der Waals surface area contributed by atoms with Crippen molar-refractivity contribution in [2.24, 2.45) is 5.92 Å². The van der Waals surface area contributed by atoms with Crippen LogP contribution in [0.5, 0.6) is 0 Å². The van der Waals surface area contributed by atoms with Gasteiger partial charge in [0.05, 0.1) is 13.0 Å². The summed E-state index contributed by atoms with van der Waals surface area (Å²) in [7, 11) is 1.44. The number of esters is 1. The molecular weight excluding hydrogens is 354 g/mol. The van der Waals surface area contributed by atoms with E-state index in [4.69, 9.17) is 21.4 Å². The number of aromatic nitrogens is 4. The predicted octanol–water partition coefficient (Wildman–Crippen LogP) is 2.83.